The van der Waals surface area contributed by atoms with Gasteiger partial charge in [-0.05, 0) is 42.6 Å². The lowest BCUT2D eigenvalue weighted by Crippen LogP contribution is -2.29. The van der Waals surface area contributed by atoms with Gasteiger partial charge >= 0.3 is 0 Å². The third-order valence-corrected chi connectivity index (χ3v) is 4.20. The lowest BCUT2D eigenvalue weighted by atomic mass is 9.96. The molecule has 4 heteroatoms. The summed E-state index contributed by atoms with van der Waals surface area (Å²) in [6.45, 7) is 7.11. The van der Waals surface area contributed by atoms with E-state index in [0.717, 1.165) is 29.5 Å². The molecular formula is C19H26ClNO2. The van der Waals surface area contributed by atoms with E-state index in [2.05, 4.69) is 20.8 Å². The van der Waals surface area contributed by atoms with Crippen molar-refractivity contribution < 1.29 is 4.74 Å². The first-order valence-electron chi connectivity index (χ1n) is 8.23. The summed E-state index contributed by atoms with van der Waals surface area (Å²) in [6.07, 6.45) is 4.89. The molecule has 1 heterocycles. The van der Waals surface area contributed by atoms with Gasteiger partial charge in [-0.3, -0.25) is 9.36 Å². The van der Waals surface area contributed by atoms with Crippen molar-refractivity contribution in [3.63, 3.8) is 0 Å². The highest BCUT2D eigenvalue weighted by Gasteiger charge is 2.21. The second-order valence-electron chi connectivity index (χ2n) is 7.55. The standard InChI is InChI=1S/C19H25NO2.ClH/c1-19(2,3)13-20-17(22-15-9-5-6-10-15)12-14-8-4-7-11-16(14)18(20)21;/h4,7-8,11-12,15H,5-6,9-10,13H2,1-3H3;1H. The van der Waals surface area contributed by atoms with Gasteiger partial charge in [0.05, 0.1) is 0 Å². The molecule has 0 N–H and O–H groups in total. The molecule has 0 radical (unpaired) electrons. The van der Waals surface area contributed by atoms with Gasteiger partial charge in [0.25, 0.3) is 5.56 Å². The molecular weight excluding hydrogens is 310 g/mol. The number of pyridine rings is 1. The Morgan fingerprint density at radius 3 is 2.48 bits per heavy atom. The van der Waals surface area contributed by atoms with Crippen LogP contribution in [0.3, 0.4) is 0 Å². The number of hydrogen-bond donors (Lipinski definition) is 0. The van der Waals surface area contributed by atoms with Crippen molar-refractivity contribution >= 4 is 23.2 Å². The molecule has 1 aliphatic rings. The minimum absolute atomic E-state index is 0. The Balaban J connectivity index is 0.00000192. The zero-order valence-electron chi connectivity index (χ0n) is 14.2. The van der Waals surface area contributed by atoms with Gasteiger partial charge in [0.15, 0.2) is 5.88 Å². The molecule has 3 rings (SSSR count). The van der Waals surface area contributed by atoms with Gasteiger partial charge in [0.1, 0.15) is 6.10 Å². The Morgan fingerprint density at radius 1 is 1.17 bits per heavy atom. The molecule has 1 aromatic heterocycles. The highest BCUT2D eigenvalue weighted by atomic mass is 35.5. The fourth-order valence-corrected chi connectivity index (χ4v) is 3.17. The topological polar surface area (TPSA) is 31.2 Å². The summed E-state index contributed by atoms with van der Waals surface area (Å²) in [5.41, 5.74) is 0.0843. The predicted octanol–water partition coefficient (Wildman–Crippen LogP) is 4.79. The molecule has 0 bridgehead atoms. The van der Waals surface area contributed by atoms with E-state index in [-0.39, 0.29) is 29.5 Å². The van der Waals surface area contributed by atoms with Crippen molar-refractivity contribution in [2.24, 2.45) is 5.41 Å². The molecule has 1 aromatic carbocycles. The second kappa shape index (κ2) is 6.96. The van der Waals surface area contributed by atoms with E-state index in [1.807, 2.05) is 34.9 Å². The Morgan fingerprint density at radius 2 is 1.83 bits per heavy atom. The summed E-state index contributed by atoms with van der Waals surface area (Å²) >= 11 is 0. The summed E-state index contributed by atoms with van der Waals surface area (Å²) in [6, 6.07) is 9.80. The van der Waals surface area contributed by atoms with E-state index in [1.165, 1.54) is 12.8 Å². The average Bonchev–Trinajstić information content (AvgIpc) is 2.95. The number of benzene rings is 1. The molecule has 23 heavy (non-hydrogen) atoms. The van der Waals surface area contributed by atoms with Crippen LogP contribution in [0.1, 0.15) is 46.5 Å². The van der Waals surface area contributed by atoms with E-state index in [4.69, 9.17) is 4.74 Å². The normalized spacial score (nSPS) is 15.6. The van der Waals surface area contributed by atoms with Gasteiger partial charge in [-0.15, -0.1) is 12.4 Å². The largest absolute Gasteiger partial charge is 0.475 e. The third-order valence-electron chi connectivity index (χ3n) is 4.20. The molecule has 0 aliphatic heterocycles. The number of aromatic nitrogens is 1. The van der Waals surface area contributed by atoms with Crippen LogP contribution in [-0.4, -0.2) is 10.7 Å². The maximum Gasteiger partial charge on any atom is 0.261 e. The molecule has 0 spiro atoms. The molecule has 0 saturated heterocycles. The number of nitrogens with zero attached hydrogens (tertiary/aromatic N) is 1. The van der Waals surface area contributed by atoms with Crippen molar-refractivity contribution in [3.8, 4) is 5.88 Å². The minimum atomic E-state index is 0. The van der Waals surface area contributed by atoms with Crippen molar-refractivity contribution in [3.05, 3.63) is 40.7 Å². The van der Waals surface area contributed by atoms with Gasteiger partial charge in [0.2, 0.25) is 0 Å². The zero-order valence-corrected chi connectivity index (χ0v) is 15.0. The van der Waals surface area contributed by atoms with Crippen LogP contribution in [0.25, 0.3) is 10.8 Å². The van der Waals surface area contributed by atoms with Crippen molar-refractivity contribution in [1.29, 1.82) is 0 Å². The van der Waals surface area contributed by atoms with Crippen molar-refractivity contribution in [2.75, 3.05) is 0 Å². The summed E-state index contributed by atoms with van der Waals surface area (Å²) < 4.78 is 8.02. The number of hydrogen-bond acceptors (Lipinski definition) is 2. The lowest BCUT2D eigenvalue weighted by Gasteiger charge is -2.24. The monoisotopic (exact) mass is 335 g/mol. The van der Waals surface area contributed by atoms with Crippen molar-refractivity contribution in [2.45, 2.75) is 59.1 Å². The Bertz CT molecular complexity index is 724. The van der Waals surface area contributed by atoms with E-state index < -0.39 is 0 Å². The Hall–Kier alpha value is -1.48. The molecule has 1 aliphatic carbocycles. The fourth-order valence-electron chi connectivity index (χ4n) is 3.17. The molecule has 0 unspecified atom stereocenters. The van der Waals surface area contributed by atoms with Gasteiger partial charge < -0.3 is 4.74 Å². The number of ether oxygens (including phenoxy) is 1. The molecule has 0 amide bonds. The van der Waals surface area contributed by atoms with Crippen LogP contribution in [-0.2, 0) is 6.54 Å². The first kappa shape index (κ1) is 17.9. The van der Waals surface area contributed by atoms with E-state index in [0.29, 0.717) is 6.54 Å². The highest BCUT2D eigenvalue weighted by Crippen LogP contribution is 2.27. The number of halogens is 1. The molecule has 3 nitrogen and oxygen atoms in total. The average molecular weight is 336 g/mol. The second-order valence-corrected chi connectivity index (χ2v) is 7.55. The quantitative estimate of drug-likeness (QED) is 0.807. The fraction of sp³-hybridized carbons (Fsp3) is 0.526. The highest BCUT2D eigenvalue weighted by molar-refractivity contribution is 5.85. The summed E-state index contributed by atoms with van der Waals surface area (Å²) in [5.74, 6) is 0.727. The van der Waals surface area contributed by atoms with Crippen LogP contribution >= 0.6 is 12.4 Å². The van der Waals surface area contributed by atoms with Crippen LogP contribution in [0, 0.1) is 5.41 Å². The molecule has 1 saturated carbocycles. The summed E-state index contributed by atoms with van der Waals surface area (Å²) in [5, 5.41) is 1.73. The molecule has 2 aromatic rings. The number of fused-ring (bicyclic) bond motifs is 1. The van der Waals surface area contributed by atoms with E-state index in [1.54, 1.807) is 0 Å². The van der Waals surface area contributed by atoms with Crippen LogP contribution in [0.4, 0.5) is 0 Å². The van der Waals surface area contributed by atoms with E-state index in [9.17, 15) is 4.79 Å². The predicted molar refractivity (Wildman–Crippen MR) is 97.8 cm³/mol. The van der Waals surface area contributed by atoms with Gasteiger partial charge in [-0.25, -0.2) is 0 Å². The lowest BCUT2D eigenvalue weighted by molar-refractivity contribution is 0.181. The third kappa shape index (κ3) is 4.08. The van der Waals surface area contributed by atoms with Crippen LogP contribution < -0.4 is 10.3 Å². The van der Waals surface area contributed by atoms with Gasteiger partial charge in [0, 0.05) is 18.0 Å². The van der Waals surface area contributed by atoms with E-state index >= 15 is 0 Å². The number of rotatable bonds is 3. The molecule has 1 fully saturated rings. The first-order chi connectivity index (χ1) is 10.4. The van der Waals surface area contributed by atoms with Gasteiger partial charge in [-0.1, -0.05) is 39.0 Å². The Labute approximate surface area is 144 Å². The van der Waals surface area contributed by atoms with Crippen molar-refractivity contribution in [1.82, 2.24) is 4.57 Å². The molecule has 126 valence electrons. The minimum Gasteiger partial charge on any atom is -0.475 e. The Kier molecular flexibility index (Phi) is 5.41. The van der Waals surface area contributed by atoms with Crippen LogP contribution in [0.15, 0.2) is 35.1 Å². The van der Waals surface area contributed by atoms with Crippen LogP contribution in [0.2, 0.25) is 0 Å². The van der Waals surface area contributed by atoms with Gasteiger partial charge in [-0.2, -0.15) is 0 Å². The summed E-state index contributed by atoms with van der Waals surface area (Å²) in [7, 11) is 0. The first-order valence-corrected chi connectivity index (χ1v) is 8.23. The smallest absolute Gasteiger partial charge is 0.261 e. The zero-order chi connectivity index (χ0) is 15.7. The summed E-state index contributed by atoms with van der Waals surface area (Å²) in [4.78, 5) is 12.9. The maximum absolute atomic E-state index is 12.9. The van der Waals surface area contributed by atoms with Crippen LogP contribution in [0.5, 0.6) is 5.88 Å². The maximum atomic E-state index is 12.9. The molecule has 0 atom stereocenters. The SMILES string of the molecule is CC(C)(C)Cn1c(OC2CCCC2)cc2ccccc2c1=O.Cl.